The fraction of sp³-hybridized carbons (Fsp3) is 0.286. The topological polar surface area (TPSA) is 84.9 Å². The van der Waals surface area contributed by atoms with Gasteiger partial charge in [0.25, 0.3) is 0 Å². The van der Waals surface area contributed by atoms with E-state index in [0.29, 0.717) is 18.5 Å². The fourth-order valence-electron chi connectivity index (χ4n) is 3.00. The van der Waals surface area contributed by atoms with Crippen molar-refractivity contribution in [3.63, 3.8) is 0 Å². The summed E-state index contributed by atoms with van der Waals surface area (Å²) in [5.41, 5.74) is 2.34. The van der Waals surface area contributed by atoms with Gasteiger partial charge in [-0.3, -0.25) is 9.69 Å². The van der Waals surface area contributed by atoms with Crippen molar-refractivity contribution in [2.24, 2.45) is 0 Å². The molecule has 1 saturated heterocycles. The Kier molecular flexibility index (Phi) is 6.26. The van der Waals surface area contributed by atoms with Crippen molar-refractivity contribution >= 4 is 18.0 Å². The first-order chi connectivity index (χ1) is 13.6. The Morgan fingerprint density at radius 2 is 1.82 bits per heavy atom. The summed E-state index contributed by atoms with van der Waals surface area (Å²) in [6.07, 6.45) is 0.184. The van der Waals surface area contributed by atoms with Crippen molar-refractivity contribution in [1.82, 2.24) is 10.2 Å². The van der Waals surface area contributed by atoms with Gasteiger partial charge in [-0.2, -0.15) is 0 Å². The summed E-state index contributed by atoms with van der Waals surface area (Å²) in [4.78, 5) is 37.5. The molecule has 0 saturated carbocycles. The van der Waals surface area contributed by atoms with E-state index in [9.17, 15) is 14.4 Å². The van der Waals surface area contributed by atoms with Gasteiger partial charge in [-0.25, -0.2) is 9.59 Å². The van der Waals surface area contributed by atoms with E-state index in [0.717, 1.165) is 11.1 Å². The molecule has 2 aromatic rings. The van der Waals surface area contributed by atoms with Crippen LogP contribution in [0.4, 0.5) is 4.79 Å². The van der Waals surface area contributed by atoms with Crippen LogP contribution in [0.5, 0.6) is 0 Å². The van der Waals surface area contributed by atoms with E-state index in [1.807, 2.05) is 30.3 Å². The summed E-state index contributed by atoms with van der Waals surface area (Å²) in [5.74, 6) is -0.671. The predicted octanol–water partition coefficient (Wildman–Crippen LogP) is 2.15. The van der Waals surface area contributed by atoms with Gasteiger partial charge in [0.05, 0.1) is 19.2 Å². The Morgan fingerprint density at radius 1 is 1.11 bits per heavy atom. The normalized spacial score (nSPS) is 15.8. The van der Waals surface area contributed by atoms with Gasteiger partial charge in [0.1, 0.15) is 12.6 Å². The largest absolute Gasteiger partial charge is 0.465 e. The van der Waals surface area contributed by atoms with Crippen LogP contribution in [-0.2, 0) is 27.2 Å². The fourth-order valence-corrected chi connectivity index (χ4v) is 3.00. The molecule has 146 valence electrons. The van der Waals surface area contributed by atoms with Crippen molar-refractivity contribution in [3.05, 3.63) is 71.3 Å². The molecule has 1 heterocycles. The quantitative estimate of drug-likeness (QED) is 0.742. The van der Waals surface area contributed by atoms with Crippen LogP contribution >= 0.6 is 0 Å². The molecule has 1 N–H and O–H groups in total. The predicted molar refractivity (Wildman–Crippen MR) is 102 cm³/mol. The number of hydrogen-bond acceptors (Lipinski definition) is 5. The molecule has 7 heteroatoms. The maximum atomic E-state index is 12.5. The number of benzene rings is 2. The molecule has 0 unspecified atom stereocenters. The zero-order chi connectivity index (χ0) is 19.9. The number of nitrogens with one attached hydrogen (secondary N) is 1. The second-order valence-electron chi connectivity index (χ2n) is 6.44. The molecule has 2 aromatic carbocycles. The lowest BCUT2D eigenvalue weighted by atomic mass is 10.1. The molecule has 0 spiro atoms. The van der Waals surface area contributed by atoms with E-state index in [4.69, 9.17) is 4.74 Å². The molecule has 0 bridgehead atoms. The third kappa shape index (κ3) is 4.68. The minimum Gasteiger partial charge on any atom is -0.465 e. The van der Waals surface area contributed by atoms with E-state index in [1.165, 1.54) is 12.0 Å². The van der Waals surface area contributed by atoms with Crippen LogP contribution in [0.25, 0.3) is 0 Å². The number of amides is 2. The number of rotatable bonds is 7. The number of methoxy groups -OCH3 is 1. The van der Waals surface area contributed by atoms with Gasteiger partial charge in [-0.15, -0.1) is 0 Å². The standard InChI is InChI=1S/C21H22N2O5/c1-27-20(25)17-9-7-16(8-10-17)13-23-18(14-28-21(23)26)19(24)22-12-11-15-5-3-2-4-6-15/h2-10,18H,11-14H2,1H3,(H,22,24)/t18-/m0/s1. The van der Waals surface area contributed by atoms with Crippen LogP contribution in [-0.4, -0.2) is 49.2 Å². The van der Waals surface area contributed by atoms with Crippen molar-refractivity contribution in [3.8, 4) is 0 Å². The molecular formula is C21H22N2O5. The highest BCUT2D eigenvalue weighted by Gasteiger charge is 2.37. The molecule has 1 aliphatic heterocycles. The molecule has 3 rings (SSSR count). The first kappa shape index (κ1) is 19.4. The molecule has 1 aliphatic rings. The molecule has 7 nitrogen and oxygen atoms in total. The smallest absolute Gasteiger partial charge is 0.410 e. The van der Waals surface area contributed by atoms with Crippen LogP contribution in [0.15, 0.2) is 54.6 Å². The summed E-state index contributed by atoms with van der Waals surface area (Å²) in [6, 6.07) is 15.9. The minimum atomic E-state index is -0.677. The number of nitrogens with zero attached hydrogens (tertiary/aromatic N) is 1. The zero-order valence-corrected chi connectivity index (χ0v) is 15.6. The maximum absolute atomic E-state index is 12.5. The minimum absolute atomic E-state index is 0.0241. The van der Waals surface area contributed by atoms with Crippen LogP contribution in [0.3, 0.4) is 0 Å². The average Bonchev–Trinajstić information content (AvgIpc) is 3.09. The summed E-state index contributed by atoms with van der Waals surface area (Å²) >= 11 is 0. The van der Waals surface area contributed by atoms with Crippen molar-refractivity contribution in [2.75, 3.05) is 20.3 Å². The van der Waals surface area contributed by atoms with Crippen molar-refractivity contribution in [1.29, 1.82) is 0 Å². The highest BCUT2D eigenvalue weighted by atomic mass is 16.6. The molecule has 1 atom stereocenters. The Hall–Kier alpha value is -3.35. The number of hydrogen-bond donors (Lipinski definition) is 1. The highest BCUT2D eigenvalue weighted by Crippen LogP contribution is 2.17. The summed E-state index contributed by atoms with van der Waals surface area (Å²) in [6.45, 7) is 0.725. The molecule has 0 radical (unpaired) electrons. The van der Waals surface area contributed by atoms with E-state index in [-0.39, 0.29) is 19.1 Å². The zero-order valence-electron chi connectivity index (χ0n) is 15.6. The third-order valence-electron chi connectivity index (χ3n) is 4.56. The van der Waals surface area contributed by atoms with E-state index in [1.54, 1.807) is 24.3 Å². The highest BCUT2D eigenvalue weighted by molar-refractivity contribution is 5.89. The van der Waals surface area contributed by atoms with Gasteiger partial charge < -0.3 is 14.8 Å². The molecule has 0 aliphatic carbocycles. The lowest BCUT2D eigenvalue weighted by molar-refractivity contribution is -0.124. The van der Waals surface area contributed by atoms with Gasteiger partial charge in [-0.05, 0) is 29.7 Å². The third-order valence-corrected chi connectivity index (χ3v) is 4.56. The number of carbonyl (C=O) groups is 3. The number of cyclic esters (lactones) is 1. The molecule has 0 aromatic heterocycles. The van der Waals surface area contributed by atoms with Crippen molar-refractivity contribution in [2.45, 2.75) is 19.0 Å². The average molecular weight is 382 g/mol. The Labute approximate surface area is 163 Å². The molecule has 2 amide bonds. The van der Waals surface area contributed by atoms with Gasteiger partial charge >= 0.3 is 12.1 Å². The number of ether oxygens (including phenoxy) is 2. The monoisotopic (exact) mass is 382 g/mol. The summed E-state index contributed by atoms with van der Waals surface area (Å²) in [7, 11) is 1.32. The second kappa shape index (κ2) is 9.03. The molecule has 28 heavy (non-hydrogen) atoms. The van der Waals surface area contributed by atoms with Gasteiger partial charge in [0, 0.05) is 6.54 Å². The van der Waals surface area contributed by atoms with Gasteiger partial charge in [0.2, 0.25) is 5.91 Å². The summed E-state index contributed by atoms with van der Waals surface area (Å²) < 4.78 is 9.74. The lowest BCUT2D eigenvalue weighted by Crippen LogP contribution is -2.45. The first-order valence-electron chi connectivity index (χ1n) is 9.01. The Bertz CT molecular complexity index is 836. The molecule has 1 fully saturated rings. The van der Waals surface area contributed by atoms with Crippen LogP contribution in [0.2, 0.25) is 0 Å². The lowest BCUT2D eigenvalue weighted by Gasteiger charge is -2.21. The number of esters is 1. The molecular weight excluding hydrogens is 360 g/mol. The van der Waals surface area contributed by atoms with Crippen LogP contribution in [0.1, 0.15) is 21.5 Å². The van der Waals surface area contributed by atoms with E-state index >= 15 is 0 Å². The van der Waals surface area contributed by atoms with Gasteiger partial charge in [-0.1, -0.05) is 42.5 Å². The van der Waals surface area contributed by atoms with Crippen LogP contribution < -0.4 is 5.32 Å². The SMILES string of the molecule is COC(=O)c1ccc(CN2C(=O)OC[C@H]2C(=O)NCCc2ccccc2)cc1. The second-order valence-corrected chi connectivity index (χ2v) is 6.44. The van der Waals surface area contributed by atoms with E-state index in [2.05, 4.69) is 10.1 Å². The Morgan fingerprint density at radius 3 is 2.50 bits per heavy atom. The number of carbonyl (C=O) groups excluding carboxylic acids is 3. The first-order valence-corrected chi connectivity index (χ1v) is 9.01. The maximum Gasteiger partial charge on any atom is 0.410 e. The van der Waals surface area contributed by atoms with Crippen LogP contribution in [0, 0.1) is 0 Å². The van der Waals surface area contributed by atoms with E-state index < -0.39 is 18.1 Å². The van der Waals surface area contributed by atoms with Crippen molar-refractivity contribution < 1.29 is 23.9 Å². The Balaban J connectivity index is 1.57. The summed E-state index contributed by atoms with van der Waals surface area (Å²) in [5, 5.41) is 2.87. The van der Waals surface area contributed by atoms with Gasteiger partial charge in [0.15, 0.2) is 0 Å².